The summed E-state index contributed by atoms with van der Waals surface area (Å²) < 4.78 is 30.6. The van der Waals surface area contributed by atoms with E-state index >= 15 is 0 Å². The van der Waals surface area contributed by atoms with Gasteiger partial charge in [0.2, 0.25) is 0 Å². The Morgan fingerprint density at radius 1 is 1.09 bits per heavy atom. The molecule has 0 saturated carbocycles. The third-order valence-electron chi connectivity index (χ3n) is 4.54. The Hall–Kier alpha value is -3.92. The summed E-state index contributed by atoms with van der Waals surface area (Å²) in [4.78, 5) is 24.5. The number of hydrogen-bond donors (Lipinski definition) is 2. The van der Waals surface area contributed by atoms with Gasteiger partial charge in [0.15, 0.2) is 18.1 Å². The molecule has 2 amide bonds. The van der Waals surface area contributed by atoms with Gasteiger partial charge in [-0.25, -0.2) is 9.82 Å². The molecule has 10 heteroatoms. The number of hydrogen-bond acceptors (Lipinski definition) is 6. The van der Waals surface area contributed by atoms with E-state index in [9.17, 15) is 14.0 Å². The zero-order chi connectivity index (χ0) is 25.2. The van der Waals surface area contributed by atoms with Crippen molar-refractivity contribution in [1.82, 2.24) is 5.43 Å². The minimum absolute atomic E-state index is 0.0627. The van der Waals surface area contributed by atoms with Crippen LogP contribution in [-0.2, 0) is 4.79 Å². The van der Waals surface area contributed by atoms with E-state index < -0.39 is 17.6 Å². The lowest BCUT2D eigenvalue weighted by Gasteiger charge is -2.14. The fourth-order valence-electron chi connectivity index (χ4n) is 2.95. The van der Waals surface area contributed by atoms with Crippen LogP contribution in [0, 0.1) is 5.82 Å². The molecule has 0 fully saturated rings. The summed E-state index contributed by atoms with van der Waals surface area (Å²) in [5.74, 6) is -0.251. The van der Waals surface area contributed by atoms with Gasteiger partial charge in [0, 0.05) is 5.56 Å². The van der Waals surface area contributed by atoms with Crippen LogP contribution in [0.2, 0.25) is 0 Å². The number of ether oxygens (including phenoxy) is 3. The summed E-state index contributed by atoms with van der Waals surface area (Å²) >= 11 is 3.41. The first kappa shape index (κ1) is 25.7. The van der Waals surface area contributed by atoms with Crippen LogP contribution in [0.1, 0.15) is 22.8 Å². The Kier molecular flexibility index (Phi) is 9.19. The number of nitrogens with zero attached hydrogens (tertiary/aromatic N) is 1. The molecule has 182 valence electrons. The van der Waals surface area contributed by atoms with Crippen molar-refractivity contribution >= 4 is 39.6 Å². The number of anilines is 1. The maximum atomic E-state index is 13.7. The summed E-state index contributed by atoms with van der Waals surface area (Å²) in [5, 5.41) is 6.45. The molecule has 0 aliphatic carbocycles. The average Bonchev–Trinajstić information content (AvgIpc) is 2.85. The topological polar surface area (TPSA) is 98.2 Å². The van der Waals surface area contributed by atoms with Gasteiger partial charge in [0.05, 0.1) is 30.1 Å². The molecule has 0 aliphatic heterocycles. The van der Waals surface area contributed by atoms with Gasteiger partial charge >= 0.3 is 0 Å². The molecule has 8 nitrogen and oxygen atoms in total. The Bertz CT molecular complexity index is 1240. The summed E-state index contributed by atoms with van der Waals surface area (Å²) in [6, 6.07) is 15.9. The zero-order valence-corrected chi connectivity index (χ0v) is 20.6. The van der Waals surface area contributed by atoms with Crippen LogP contribution in [0.3, 0.4) is 0 Å². The Labute approximate surface area is 210 Å². The molecule has 2 N–H and O–H groups in total. The molecule has 0 atom stereocenters. The van der Waals surface area contributed by atoms with Gasteiger partial charge in [0.1, 0.15) is 11.6 Å². The number of amides is 2. The van der Waals surface area contributed by atoms with Crippen molar-refractivity contribution in [3.05, 3.63) is 82.1 Å². The SMILES string of the molecule is CCOc1cc(/C=N/NC(=O)c2cccc(OC)c2)cc(Br)c1OCC(=O)Nc1ccccc1F. The number of methoxy groups -OCH3 is 1. The monoisotopic (exact) mass is 543 g/mol. The van der Waals surface area contributed by atoms with Crippen LogP contribution in [0.4, 0.5) is 10.1 Å². The molecule has 0 bridgehead atoms. The van der Waals surface area contributed by atoms with E-state index in [0.29, 0.717) is 39.5 Å². The predicted molar refractivity (Wildman–Crippen MR) is 134 cm³/mol. The fourth-order valence-corrected chi connectivity index (χ4v) is 3.52. The molecule has 0 aromatic heterocycles. The first-order chi connectivity index (χ1) is 16.9. The number of halogens is 2. The van der Waals surface area contributed by atoms with Gasteiger partial charge in [-0.1, -0.05) is 18.2 Å². The largest absolute Gasteiger partial charge is 0.497 e. The molecule has 0 heterocycles. The van der Waals surface area contributed by atoms with Crippen molar-refractivity contribution < 1.29 is 28.2 Å². The molecule has 0 unspecified atom stereocenters. The average molecular weight is 544 g/mol. The van der Waals surface area contributed by atoms with Gasteiger partial charge in [0.25, 0.3) is 11.8 Å². The van der Waals surface area contributed by atoms with E-state index in [4.69, 9.17) is 14.2 Å². The number of benzene rings is 3. The normalized spacial score (nSPS) is 10.6. The van der Waals surface area contributed by atoms with E-state index in [2.05, 4.69) is 31.8 Å². The molecule has 0 saturated heterocycles. The lowest BCUT2D eigenvalue weighted by atomic mass is 10.2. The molecule has 0 radical (unpaired) electrons. The van der Waals surface area contributed by atoms with Crippen LogP contribution in [0.5, 0.6) is 17.2 Å². The van der Waals surface area contributed by atoms with Crippen molar-refractivity contribution in [3.63, 3.8) is 0 Å². The molecule has 35 heavy (non-hydrogen) atoms. The van der Waals surface area contributed by atoms with Crippen molar-refractivity contribution in [2.45, 2.75) is 6.92 Å². The van der Waals surface area contributed by atoms with Crippen LogP contribution < -0.4 is 25.0 Å². The van der Waals surface area contributed by atoms with E-state index in [0.717, 1.165) is 0 Å². The fraction of sp³-hybridized carbons (Fsp3) is 0.160. The van der Waals surface area contributed by atoms with Crippen molar-refractivity contribution in [1.29, 1.82) is 0 Å². The lowest BCUT2D eigenvalue weighted by Crippen LogP contribution is -2.21. The highest BCUT2D eigenvalue weighted by atomic mass is 79.9. The first-order valence-electron chi connectivity index (χ1n) is 10.5. The number of para-hydroxylation sites is 1. The van der Waals surface area contributed by atoms with Gasteiger partial charge < -0.3 is 19.5 Å². The highest BCUT2D eigenvalue weighted by molar-refractivity contribution is 9.10. The summed E-state index contributed by atoms with van der Waals surface area (Å²) in [6.45, 7) is 1.78. The standard InChI is InChI=1S/C25H23BrFN3O5/c1-3-34-22-12-16(14-28-30-25(32)17-7-6-8-18(13-17)33-2)11-19(26)24(22)35-15-23(31)29-21-10-5-4-9-20(21)27/h4-14H,3,15H2,1-2H3,(H,29,31)(H,30,32)/b28-14+. The second-order valence-corrected chi connectivity index (χ2v) is 7.87. The van der Waals surface area contributed by atoms with E-state index in [1.165, 1.54) is 31.5 Å². The summed E-state index contributed by atoms with van der Waals surface area (Å²) in [5.41, 5.74) is 3.52. The minimum Gasteiger partial charge on any atom is -0.497 e. The molecule has 3 aromatic carbocycles. The number of carbonyl (C=O) groups excluding carboxylic acids is 2. The lowest BCUT2D eigenvalue weighted by molar-refractivity contribution is -0.118. The van der Waals surface area contributed by atoms with Crippen molar-refractivity contribution in [2.75, 3.05) is 25.6 Å². The van der Waals surface area contributed by atoms with Gasteiger partial charge in [-0.2, -0.15) is 5.10 Å². The highest BCUT2D eigenvalue weighted by Crippen LogP contribution is 2.36. The Balaban J connectivity index is 1.67. The van der Waals surface area contributed by atoms with E-state index in [1.54, 1.807) is 49.4 Å². The van der Waals surface area contributed by atoms with Crippen LogP contribution in [0.15, 0.2) is 70.2 Å². The number of hydrazone groups is 1. The van der Waals surface area contributed by atoms with E-state index in [-0.39, 0.29) is 12.3 Å². The molecular weight excluding hydrogens is 521 g/mol. The third-order valence-corrected chi connectivity index (χ3v) is 5.13. The predicted octanol–water partition coefficient (Wildman–Crippen LogP) is 4.78. The van der Waals surface area contributed by atoms with Crippen LogP contribution in [0.25, 0.3) is 0 Å². The number of rotatable bonds is 10. The van der Waals surface area contributed by atoms with Crippen LogP contribution in [-0.4, -0.2) is 38.4 Å². The minimum atomic E-state index is -0.542. The number of carbonyl (C=O) groups is 2. The van der Waals surface area contributed by atoms with E-state index in [1.807, 2.05) is 0 Å². The van der Waals surface area contributed by atoms with Crippen molar-refractivity contribution in [3.8, 4) is 17.2 Å². The second kappa shape index (κ2) is 12.5. The maximum Gasteiger partial charge on any atom is 0.271 e. The second-order valence-electron chi connectivity index (χ2n) is 7.01. The van der Waals surface area contributed by atoms with Gasteiger partial charge in [-0.15, -0.1) is 0 Å². The maximum absolute atomic E-state index is 13.7. The summed E-state index contributed by atoms with van der Waals surface area (Å²) in [6.07, 6.45) is 1.44. The Morgan fingerprint density at radius 2 is 1.89 bits per heavy atom. The molecular formula is C25H23BrFN3O5. The van der Waals surface area contributed by atoms with Crippen LogP contribution >= 0.6 is 15.9 Å². The first-order valence-corrected chi connectivity index (χ1v) is 11.3. The smallest absolute Gasteiger partial charge is 0.271 e. The van der Waals surface area contributed by atoms with Gasteiger partial charge in [-0.05, 0) is 70.9 Å². The quantitative estimate of drug-likeness (QED) is 0.283. The van der Waals surface area contributed by atoms with Crippen molar-refractivity contribution in [2.24, 2.45) is 5.10 Å². The summed E-state index contributed by atoms with van der Waals surface area (Å²) in [7, 11) is 1.52. The molecule has 0 spiro atoms. The molecule has 0 aliphatic rings. The molecule has 3 aromatic rings. The van der Waals surface area contributed by atoms with Gasteiger partial charge in [-0.3, -0.25) is 9.59 Å². The Morgan fingerprint density at radius 3 is 2.63 bits per heavy atom. The number of nitrogens with one attached hydrogen (secondary N) is 2. The zero-order valence-electron chi connectivity index (χ0n) is 19.0. The molecule has 3 rings (SSSR count). The highest BCUT2D eigenvalue weighted by Gasteiger charge is 2.15. The third kappa shape index (κ3) is 7.28.